The van der Waals surface area contributed by atoms with Crippen molar-refractivity contribution in [2.24, 2.45) is 5.73 Å². The molecule has 132 valence electrons. The van der Waals surface area contributed by atoms with E-state index in [0.717, 1.165) is 0 Å². The molecule has 0 heterocycles. The predicted molar refractivity (Wildman–Crippen MR) is 95.8 cm³/mol. The van der Waals surface area contributed by atoms with E-state index in [1.807, 2.05) is 0 Å². The zero-order valence-electron chi connectivity index (χ0n) is 14.1. The lowest BCUT2D eigenvalue weighted by atomic mass is 10.2. The summed E-state index contributed by atoms with van der Waals surface area (Å²) in [6.07, 6.45) is 0. The molecule has 0 radical (unpaired) electrons. The SMILES string of the molecule is COc1cccc(NC(=O)C(C)Nc2cccc(OCC(N)=O)c2)c1. The maximum absolute atomic E-state index is 12.3. The van der Waals surface area contributed by atoms with Gasteiger partial charge in [0.05, 0.1) is 7.11 Å². The minimum atomic E-state index is -0.551. The van der Waals surface area contributed by atoms with E-state index in [4.69, 9.17) is 15.2 Å². The van der Waals surface area contributed by atoms with E-state index in [9.17, 15) is 9.59 Å². The molecule has 0 bridgehead atoms. The zero-order chi connectivity index (χ0) is 18.2. The number of benzene rings is 2. The average molecular weight is 343 g/mol. The Morgan fingerprint density at radius 1 is 1.08 bits per heavy atom. The third-order valence-electron chi connectivity index (χ3n) is 3.33. The maximum Gasteiger partial charge on any atom is 0.255 e. The normalized spacial score (nSPS) is 11.3. The number of carbonyl (C=O) groups is 2. The van der Waals surface area contributed by atoms with Gasteiger partial charge in [0.25, 0.3) is 5.91 Å². The molecule has 0 spiro atoms. The number of rotatable bonds is 8. The molecule has 0 aliphatic heterocycles. The summed E-state index contributed by atoms with van der Waals surface area (Å²) >= 11 is 0. The monoisotopic (exact) mass is 343 g/mol. The Bertz CT molecular complexity index is 749. The molecule has 7 heteroatoms. The molecule has 2 aromatic carbocycles. The minimum absolute atomic E-state index is 0.197. The molecule has 0 aromatic heterocycles. The van der Waals surface area contributed by atoms with Gasteiger partial charge in [0.1, 0.15) is 17.5 Å². The van der Waals surface area contributed by atoms with Crippen molar-refractivity contribution < 1.29 is 19.1 Å². The molecule has 1 unspecified atom stereocenters. The number of nitrogens with one attached hydrogen (secondary N) is 2. The van der Waals surface area contributed by atoms with Gasteiger partial charge < -0.3 is 25.8 Å². The van der Waals surface area contributed by atoms with E-state index in [2.05, 4.69) is 10.6 Å². The Morgan fingerprint density at radius 3 is 2.40 bits per heavy atom. The van der Waals surface area contributed by atoms with Gasteiger partial charge in [-0.15, -0.1) is 0 Å². The third-order valence-corrected chi connectivity index (χ3v) is 3.33. The maximum atomic E-state index is 12.3. The van der Waals surface area contributed by atoms with Crippen LogP contribution in [0.3, 0.4) is 0 Å². The van der Waals surface area contributed by atoms with Crippen LogP contribution in [0.2, 0.25) is 0 Å². The highest BCUT2D eigenvalue weighted by atomic mass is 16.5. The highest BCUT2D eigenvalue weighted by molar-refractivity contribution is 5.96. The van der Waals surface area contributed by atoms with Crippen LogP contribution in [0, 0.1) is 0 Å². The molecule has 0 saturated carbocycles. The largest absolute Gasteiger partial charge is 0.497 e. The highest BCUT2D eigenvalue weighted by Crippen LogP contribution is 2.19. The molecule has 2 amide bonds. The van der Waals surface area contributed by atoms with Gasteiger partial charge >= 0.3 is 0 Å². The summed E-state index contributed by atoms with van der Waals surface area (Å²) in [6.45, 7) is 1.54. The van der Waals surface area contributed by atoms with Crippen LogP contribution in [0.4, 0.5) is 11.4 Å². The van der Waals surface area contributed by atoms with E-state index < -0.39 is 11.9 Å². The summed E-state index contributed by atoms with van der Waals surface area (Å²) in [7, 11) is 1.57. The zero-order valence-corrected chi connectivity index (χ0v) is 14.1. The second-order valence-corrected chi connectivity index (χ2v) is 5.37. The number of methoxy groups -OCH3 is 1. The van der Waals surface area contributed by atoms with Crippen LogP contribution in [-0.2, 0) is 9.59 Å². The van der Waals surface area contributed by atoms with Gasteiger partial charge in [-0.1, -0.05) is 12.1 Å². The van der Waals surface area contributed by atoms with Crippen molar-refractivity contribution in [3.05, 3.63) is 48.5 Å². The highest BCUT2D eigenvalue weighted by Gasteiger charge is 2.13. The Kier molecular flexibility index (Phi) is 6.22. The molecular formula is C18H21N3O4. The number of anilines is 2. The second-order valence-electron chi connectivity index (χ2n) is 5.37. The number of carbonyl (C=O) groups excluding carboxylic acids is 2. The van der Waals surface area contributed by atoms with Gasteiger partial charge in [0.2, 0.25) is 5.91 Å². The van der Waals surface area contributed by atoms with Crippen LogP contribution in [-0.4, -0.2) is 31.6 Å². The van der Waals surface area contributed by atoms with Gasteiger partial charge in [-0.3, -0.25) is 9.59 Å². The van der Waals surface area contributed by atoms with Crippen molar-refractivity contribution in [1.82, 2.24) is 0 Å². The molecule has 25 heavy (non-hydrogen) atoms. The number of hydrogen-bond donors (Lipinski definition) is 3. The first-order valence-electron chi connectivity index (χ1n) is 7.70. The number of amides is 2. The quantitative estimate of drug-likeness (QED) is 0.680. The van der Waals surface area contributed by atoms with Crippen LogP contribution in [0.15, 0.2) is 48.5 Å². The summed E-state index contributed by atoms with van der Waals surface area (Å²) in [5.41, 5.74) is 6.39. The molecule has 7 nitrogen and oxygen atoms in total. The smallest absolute Gasteiger partial charge is 0.255 e. The lowest BCUT2D eigenvalue weighted by Crippen LogP contribution is -2.31. The lowest BCUT2D eigenvalue weighted by molar-refractivity contribution is -0.120. The van der Waals surface area contributed by atoms with Crippen molar-refractivity contribution >= 4 is 23.2 Å². The van der Waals surface area contributed by atoms with Gasteiger partial charge in [0, 0.05) is 23.5 Å². The first kappa shape index (κ1) is 18.1. The number of ether oxygens (including phenoxy) is 2. The standard InChI is InChI=1S/C18H21N3O4/c1-12(18(23)21-14-6-3-7-15(9-14)24-2)20-13-5-4-8-16(10-13)25-11-17(19)22/h3-10,12,20H,11H2,1-2H3,(H2,19,22)(H,21,23). The Labute approximate surface area is 146 Å². The Hall–Kier alpha value is -3.22. The van der Waals surface area contributed by atoms with Crippen LogP contribution < -0.4 is 25.8 Å². The molecule has 1 atom stereocenters. The van der Waals surface area contributed by atoms with Gasteiger partial charge in [-0.25, -0.2) is 0 Å². The van der Waals surface area contributed by atoms with Gasteiger partial charge in [0.15, 0.2) is 6.61 Å². The summed E-state index contributed by atoms with van der Waals surface area (Å²) < 4.78 is 10.4. The topological polar surface area (TPSA) is 103 Å². The van der Waals surface area contributed by atoms with Gasteiger partial charge in [-0.2, -0.15) is 0 Å². The van der Waals surface area contributed by atoms with E-state index >= 15 is 0 Å². The second kappa shape index (κ2) is 8.58. The van der Waals surface area contributed by atoms with Crippen LogP contribution in [0.1, 0.15) is 6.92 Å². The molecule has 2 aromatic rings. The van der Waals surface area contributed by atoms with Crippen LogP contribution in [0.25, 0.3) is 0 Å². The molecule has 4 N–H and O–H groups in total. The van der Waals surface area contributed by atoms with Gasteiger partial charge in [-0.05, 0) is 31.2 Å². The lowest BCUT2D eigenvalue weighted by Gasteiger charge is -2.16. The fraction of sp³-hybridized carbons (Fsp3) is 0.222. The van der Waals surface area contributed by atoms with Crippen molar-refractivity contribution in [3.63, 3.8) is 0 Å². The van der Waals surface area contributed by atoms with E-state index in [1.165, 1.54) is 0 Å². The number of primary amides is 1. The summed E-state index contributed by atoms with van der Waals surface area (Å²) in [5.74, 6) is 0.406. The molecule has 0 fully saturated rings. The fourth-order valence-corrected chi connectivity index (χ4v) is 2.10. The van der Waals surface area contributed by atoms with Crippen LogP contribution in [0.5, 0.6) is 11.5 Å². The van der Waals surface area contributed by atoms with E-state index in [1.54, 1.807) is 62.6 Å². The molecule has 0 saturated heterocycles. The average Bonchev–Trinajstić information content (AvgIpc) is 2.60. The minimum Gasteiger partial charge on any atom is -0.497 e. The predicted octanol–water partition coefficient (Wildman–Crippen LogP) is 2.00. The van der Waals surface area contributed by atoms with Crippen molar-refractivity contribution in [1.29, 1.82) is 0 Å². The van der Waals surface area contributed by atoms with Crippen molar-refractivity contribution in [2.45, 2.75) is 13.0 Å². The van der Waals surface area contributed by atoms with Crippen LogP contribution >= 0.6 is 0 Å². The van der Waals surface area contributed by atoms with Crippen molar-refractivity contribution in [3.8, 4) is 11.5 Å². The molecule has 0 aliphatic carbocycles. The number of nitrogens with two attached hydrogens (primary N) is 1. The Morgan fingerprint density at radius 2 is 1.72 bits per heavy atom. The third kappa shape index (κ3) is 5.72. The van der Waals surface area contributed by atoms with E-state index in [0.29, 0.717) is 22.9 Å². The van der Waals surface area contributed by atoms with E-state index in [-0.39, 0.29) is 12.5 Å². The first-order chi connectivity index (χ1) is 12.0. The molecule has 0 aliphatic rings. The van der Waals surface area contributed by atoms with Crippen molar-refractivity contribution in [2.75, 3.05) is 24.4 Å². The summed E-state index contributed by atoms with van der Waals surface area (Å²) in [4.78, 5) is 23.1. The summed E-state index contributed by atoms with van der Waals surface area (Å²) in [6, 6.07) is 13.6. The Balaban J connectivity index is 1.96. The molecule has 2 rings (SSSR count). The summed E-state index contributed by atoms with van der Waals surface area (Å²) in [5, 5.41) is 5.90. The number of hydrogen-bond acceptors (Lipinski definition) is 5. The first-order valence-corrected chi connectivity index (χ1v) is 7.70. The molecular weight excluding hydrogens is 322 g/mol. The fourth-order valence-electron chi connectivity index (χ4n) is 2.10.